The first-order chi connectivity index (χ1) is 7.76. The lowest BCUT2D eigenvalue weighted by atomic mass is 9.96. The fourth-order valence-electron chi connectivity index (χ4n) is 1.66. The number of hydrogen-bond acceptors (Lipinski definition) is 2. The molecule has 0 bridgehead atoms. The van der Waals surface area contributed by atoms with Gasteiger partial charge in [-0.05, 0) is 11.6 Å². The monoisotopic (exact) mass is 250 g/mol. The standard InChI is InChI=1S/C10H6F4O3/c11-6-2-1-5-4-9(8(15)16,10(12,13)14)17-7(5)3-6/h1-3H,4H2,(H,15,16). The lowest BCUT2D eigenvalue weighted by molar-refractivity contribution is -0.245. The van der Waals surface area contributed by atoms with Gasteiger partial charge in [0, 0.05) is 12.5 Å². The highest BCUT2D eigenvalue weighted by Gasteiger charge is 2.66. The van der Waals surface area contributed by atoms with Gasteiger partial charge in [-0.2, -0.15) is 13.2 Å². The Morgan fingerprint density at radius 1 is 1.41 bits per heavy atom. The largest absolute Gasteiger partial charge is 0.478 e. The highest BCUT2D eigenvalue weighted by atomic mass is 19.4. The van der Waals surface area contributed by atoms with Crippen LogP contribution in [0.1, 0.15) is 5.56 Å². The van der Waals surface area contributed by atoms with Crippen molar-refractivity contribution < 1.29 is 32.2 Å². The molecule has 0 amide bonds. The molecule has 0 radical (unpaired) electrons. The van der Waals surface area contributed by atoms with Gasteiger partial charge in [0.25, 0.3) is 0 Å². The molecule has 1 aromatic carbocycles. The summed E-state index contributed by atoms with van der Waals surface area (Å²) in [7, 11) is 0. The number of rotatable bonds is 1. The van der Waals surface area contributed by atoms with Crippen molar-refractivity contribution in [3.63, 3.8) is 0 Å². The highest BCUT2D eigenvalue weighted by molar-refractivity contribution is 5.81. The van der Waals surface area contributed by atoms with Gasteiger partial charge in [-0.25, -0.2) is 9.18 Å². The van der Waals surface area contributed by atoms with E-state index in [0.717, 1.165) is 18.2 Å². The number of carbonyl (C=O) groups is 1. The molecule has 1 heterocycles. The third-order valence-corrected chi connectivity index (χ3v) is 2.56. The van der Waals surface area contributed by atoms with Crippen molar-refractivity contribution in [2.24, 2.45) is 0 Å². The van der Waals surface area contributed by atoms with Crippen molar-refractivity contribution in [3.05, 3.63) is 29.6 Å². The summed E-state index contributed by atoms with van der Waals surface area (Å²) in [6.07, 6.45) is -5.93. The summed E-state index contributed by atoms with van der Waals surface area (Å²) in [4.78, 5) is 10.8. The number of ether oxygens (including phenoxy) is 1. The molecule has 3 nitrogen and oxygen atoms in total. The Labute approximate surface area is 92.6 Å². The summed E-state index contributed by atoms with van der Waals surface area (Å²) >= 11 is 0. The Morgan fingerprint density at radius 2 is 2.06 bits per heavy atom. The topological polar surface area (TPSA) is 46.5 Å². The quantitative estimate of drug-likeness (QED) is 0.777. The summed E-state index contributed by atoms with van der Waals surface area (Å²) in [5.41, 5.74) is -3.30. The maximum atomic E-state index is 12.8. The SMILES string of the molecule is O=C(O)C1(C(F)(F)F)Cc2ccc(F)cc2O1. The van der Waals surface area contributed by atoms with Crippen molar-refractivity contribution in [1.29, 1.82) is 0 Å². The van der Waals surface area contributed by atoms with Crippen LogP contribution in [0.3, 0.4) is 0 Å². The molecule has 1 aliphatic heterocycles. The second kappa shape index (κ2) is 3.35. The molecule has 1 unspecified atom stereocenters. The van der Waals surface area contributed by atoms with E-state index in [-0.39, 0.29) is 11.3 Å². The van der Waals surface area contributed by atoms with Crippen molar-refractivity contribution in [2.75, 3.05) is 0 Å². The van der Waals surface area contributed by atoms with Crippen LogP contribution in [0.5, 0.6) is 5.75 Å². The lowest BCUT2D eigenvalue weighted by Gasteiger charge is -2.26. The van der Waals surface area contributed by atoms with Crippen LogP contribution >= 0.6 is 0 Å². The molecule has 1 aromatic rings. The van der Waals surface area contributed by atoms with E-state index in [1.165, 1.54) is 0 Å². The Bertz CT molecular complexity index is 483. The molecule has 1 atom stereocenters. The zero-order chi connectivity index (χ0) is 12.8. The summed E-state index contributed by atoms with van der Waals surface area (Å²) in [6, 6.07) is 2.78. The zero-order valence-electron chi connectivity index (χ0n) is 8.21. The van der Waals surface area contributed by atoms with Gasteiger partial charge in [0.1, 0.15) is 11.6 Å². The third kappa shape index (κ3) is 1.62. The van der Waals surface area contributed by atoms with Crippen LogP contribution in [0.4, 0.5) is 17.6 Å². The van der Waals surface area contributed by atoms with E-state index in [0.29, 0.717) is 0 Å². The Balaban J connectivity index is 2.48. The normalized spacial score (nSPS) is 23.1. The molecule has 7 heteroatoms. The van der Waals surface area contributed by atoms with Gasteiger partial charge in [0.15, 0.2) is 0 Å². The van der Waals surface area contributed by atoms with Crippen LogP contribution in [0, 0.1) is 5.82 Å². The van der Waals surface area contributed by atoms with Crippen molar-refractivity contribution >= 4 is 5.97 Å². The average Bonchev–Trinajstić information content (AvgIpc) is 2.56. The van der Waals surface area contributed by atoms with E-state index in [9.17, 15) is 22.4 Å². The van der Waals surface area contributed by atoms with Gasteiger partial charge >= 0.3 is 17.7 Å². The first-order valence-corrected chi connectivity index (χ1v) is 4.54. The molecule has 1 aliphatic rings. The molecule has 0 saturated heterocycles. The second-order valence-corrected chi connectivity index (χ2v) is 3.66. The molecule has 0 fully saturated rings. The minimum Gasteiger partial charge on any atom is -0.478 e. The molecule has 0 aromatic heterocycles. The number of fused-ring (bicyclic) bond motifs is 1. The van der Waals surface area contributed by atoms with Gasteiger partial charge in [-0.1, -0.05) is 6.07 Å². The van der Waals surface area contributed by atoms with Crippen molar-refractivity contribution in [3.8, 4) is 5.75 Å². The highest BCUT2D eigenvalue weighted by Crippen LogP contribution is 2.44. The Hall–Kier alpha value is -1.79. The molecule has 0 aliphatic carbocycles. The minimum absolute atomic E-state index is 0.0196. The third-order valence-electron chi connectivity index (χ3n) is 2.56. The van der Waals surface area contributed by atoms with Crippen LogP contribution in [0.15, 0.2) is 18.2 Å². The second-order valence-electron chi connectivity index (χ2n) is 3.66. The molecule has 2 rings (SSSR count). The van der Waals surface area contributed by atoms with Crippen LogP contribution in [0.25, 0.3) is 0 Å². The summed E-state index contributed by atoms with van der Waals surface area (Å²) < 4.78 is 55.4. The average molecular weight is 250 g/mol. The van der Waals surface area contributed by atoms with Crippen LogP contribution in [0.2, 0.25) is 0 Å². The van der Waals surface area contributed by atoms with E-state index >= 15 is 0 Å². The number of aliphatic carboxylic acids is 1. The fraction of sp³-hybridized carbons (Fsp3) is 0.300. The molecule has 0 saturated carbocycles. The smallest absolute Gasteiger partial charge is 0.439 e. The predicted molar refractivity (Wildman–Crippen MR) is 47.2 cm³/mol. The molecule has 92 valence electrons. The van der Waals surface area contributed by atoms with Crippen molar-refractivity contribution in [2.45, 2.75) is 18.2 Å². The summed E-state index contributed by atoms with van der Waals surface area (Å²) in [6.45, 7) is 0. The fourth-order valence-corrected chi connectivity index (χ4v) is 1.66. The van der Waals surface area contributed by atoms with Crippen LogP contribution in [-0.2, 0) is 11.2 Å². The van der Waals surface area contributed by atoms with Gasteiger partial charge < -0.3 is 9.84 Å². The van der Waals surface area contributed by atoms with Crippen LogP contribution < -0.4 is 4.74 Å². The molecule has 17 heavy (non-hydrogen) atoms. The summed E-state index contributed by atoms with van der Waals surface area (Å²) in [5.74, 6) is -3.31. The first-order valence-electron chi connectivity index (χ1n) is 4.54. The van der Waals surface area contributed by atoms with Gasteiger partial charge in [0.05, 0.1) is 0 Å². The number of carboxylic acids is 1. The number of alkyl halides is 3. The number of hydrogen-bond donors (Lipinski definition) is 1. The number of halogens is 4. The predicted octanol–water partition coefficient (Wildman–Crippen LogP) is 2.15. The number of benzene rings is 1. The maximum absolute atomic E-state index is 12.8. The number of carboxylic acid groups (broad SMARTS) is 1. The van der Waals surface area contributed by atoms with E-state index in [1.807, 2.05) is 0 Å². The molecule has 0 spiro atoms. The Morgan fingerprint density at radius 3 is 2.59 bits per heavy atom. The maximum Gasteiger partial charge on any atom is 0.439 e. The molecular formula is C10H6F4O3. The first kappa shape index (κ1) is 11.7. The van der Waals surface area contributed by atoms with Crippen molar-refractivity contribution in [1.82, 2.24) is 0 Å². The minimum atomic E-state index is -5.08. The van der Waals surface area contributed by atoms with Crippen LogP contribution in [-0.4, -0.2) is 22.9 Å². The lowest BCUT2D eigenvalue weighted by Crippen LogP contribution is -2.55. The van der Waals surface area contributed by atoms with E-state index in [1.54, 1.807) is 0 Å². The zero-order valence-corrected chi connectivity index (χ0v) is 8.21. The van der Waals surface area contributed by atoms with Gasteiger partial charge in [0.2, 0.25) is 0 Å². The van der Waals surface area contributed by atoms with E-state index < -0.39 is 30.0 Å². The van der Waals surface area contributed by atoms with E-state index in [2.05, 4.69) is 4.74 Å². The van der Waals surface area contributed by atoms with E-state index in [4.69, 9.17) is 5.11 Å². The molecular weight excluding hydrogens is 244 g/mol. The van der Waals surface area contributed by atoms with Gasteiger partial charge in [-0.3, -0.25) is 0 Å². The van der Waals surface area contributed by atoms with Gasteiger partial charge in [-0.15, -0.1) is 0 Å². The Kier molecular flexibility index (Phi) is 2.30. The molecule has 1 N–H and O–H groups in total. The summed E-state index contributed by atoms with van der Waals surface area (Å²) in [5, 5.41) is 8.70.